The van der Waals surface area contributed by atoms with Crippen molar-refractivity contribution in [3.63, 3.8) is 0 Å². The standard InChI is InChI=1S/C8H9N3O5/c9-8(14)7(13)6(12)4-1-2-5(10-3-4)11(15)16/h1-3,6-7,12-13H,(H2,9,14). The van der Waals surface area contributed by atoms with Gasteiger partial charge in [-0.2, -0.15) is 0 Å². The van der Waals surface area contributed by atoms with E-state index in [4.69, 9.17) is 10.8 Å². The molecule has 0 bridgehead atoms. The Hall–Kier alpha value is -2.06. The van der Waals surface area contributed by atoms with Crippen molar-refractivity contribution in [2.24, 2.45) is 5.73 Å². The molecule has 0 aliphatic rings. The lowest BCUT2D eigenvalue weighted by Gasteiger charge is -2.13. The van der Waals surface area contributed by atoms with Gasteiger partial charge in [0.25, 0.3) is 0 Å². The molecule has 0 aliphatic heterocycles. The molecule has 0 fully saturated rings. The van der Waals surface area contributed by atoms with Gasteiger partial charge in [-0.3, -0.25) is 4.79 Å². The number of aliphatic hydroxyl groups is 2. The molecule has 1 rings (SSSR count). The first kappa shape index (κ1) is 12.0. The maximum Gasteiger partial charge on any atom is 0.363 e. The number of carbonyl (C=O) groups excluding carboxylic acids is 1. The van der Waals surface area contributed by atoms with Crippen LogP contribution in [0, 0.1) is 10.1 Å². The number of hydrogen-bond donors (Lipinski definition) is 3. The SMILES string of the molecule is NC(=O)C(O)C(O)c1ccc([N+](=O)[O-])nc1. The Morgan fingerprint density at radius 3 is 2.50 bits per heavy atom. The van der Waals surface area contributed by atoms with Crippen LogP contribution in [-0.4, -0.2) is 32.1 Å². The van der Waals surface area contributed by atoms with E-state index in [0.29, 0.717) is 0 Å². The molecule has 16 heavy (non-hydrogen) atoms. The monoisotopic (exact) mass is 227 g/mol. The van der Waals surface area contributed by atoms with E-state index in [2.05, 4.69) is 4.98 Å². The van der Waals surface area contributed by atoms with Gasteiger partial charge < -0.3 is 26.1 Å². The van der Waals surface area contributed by atoms with Crippen LogP contribution in [0.15, 0.2) is 18.3 Å². The number of nitrogens with two attached hydrogens (primary N) is 1. The van der Waals surface area contributed by atoms with Crippen molar-refractivity contribution in [1.29, 1.82) is 0 Å². The number of primary amides is 1. The van der Waals surface area contributed by atoms with Crippen LogP contribution in [-0.2, 0) is 4.79 Å². The lowest BCUT2D eigenvalue weighted by molar-refractivity contribution is -0.389. The molecule has 1 aromatic rings. The number of aliphatic hydroxyl groups excluding tert-OH is 2. The highest BCUT2D eigenvalue weighted by molar-refractivity contribution is 5.79. The first-order valence-electron chi connectivity index (χ1n) is 4.19. The molecule has 86 valence electrons. The fraction of sp³-hybridized carbons (Fsp3) is 0.250. The van der Waals surface area contributed by atoms with E-state index in [9.17, 15) is 20.0 Å². The summed E-state index contributed by atoms with van der Waals surface area (Å²) in [6.07, 6.45) is -2.33. The lowest BCUT2D eigenvalue weighted by Crippen LogP contribution is -2.33. The third-order valence-electron chi connectivity index (χ3n) is 1.89. The number of pyridine rings is 1. The summed E-state index contributed by atoms with van der Waals surface area (Å²) >= 11 is 0. The molecule has 1 heterocycles. The zero-order chi connectivity index (χ0) is 12.3. The molecule has 0 aliphatic carbocycles. The van der Waals surface area contributed by atoms with Crippen molar-refractivity contribution in [1.82, 2.24) is 4.98 Å². The summed E-state index contributed by atoms with van der Waals surface area (Å²) in [6.45, 7) is 0. The van der Waals surface area contributed by atoms with Crippen molar-refractivity contribution in [3.05, 3.63) is 34.0 Å². The van der Waals surface area contributed by atoms with Gasteiger partial charge in [0.05, 0.1) is 0 Å². The van der Waals surface area contributed by atoms with Gasteiger partial charge in [0.2, 0.25) is 5.91 Å². The molecule has 0 saturated carbocycles. The molecule has 8 heteroatoms. The number of nitro groups is 1. The fourth-order valence-electron chi connectivity index (χ4n) is 1.02. The molecule has 2 unspecified atom stereocenters. The van der Waals surface area contributed by atoms with Crippen LogP contribution in [0.2, 0.25) is 0 Å². The van der Waals surface area contributed by atoms with E-state index in [-0.39, 0.29) is 5.56 Å². The minimum atomic E-state index is -1.77. The Morgan fingerprint density at radius 1 is 1.50 bits per heavy atom. The van der Waals surface area contributed by atoms with E-state index in [1.54, 1.807) is 0 Å². The maximum absolute atomic E-state index is 10.6. The predicted molar refractivity (Wildman–Crippen MR) is 51.1 cm³/mol. The Morgan fingerprint density at radius 2 is 2.12 bits per heavy atom. The van der Waals surface area contributed by atoms with Gasteiger partial charge in [-0.05, 0) is 16.0 Å². The second-order valence-corrected chi connectivity index (χ2v) is 3.00. The normalized spacial score (nSPS) is 14.1. The number of aromatic nitrogens is 1. The Balaban J connectivity index is 2.89. The summed E-state index contributed by atoms with van der Waals surface area (Å²) in [4.78, 5) is 23.6. The van der Waals surface area contributed by atoms with E-state index >= 15 is 0 Å². The fourth-order valence-corrected chi connectivity index (χ4v) is 1.02. The quantitative estimate of drug-likeness (QED) is 0.439. The first-order valence-corrected chi connectivity index (χ1v) is 4.19. The van der Waals surface area contributed by atoms with E-state index in [0.717, 1.165) is 12.3 Å². The smallest absolute Gasteiger partial charge is 0.363 e. The molecule has 1 aromatic heterocycles. The van der Waals surface area contributed by atoms with Gasteiger partial charge in [0, 0.05) is 11.6 Å². The van der Waals surface area contributed by atoms with Crippen LogP contribution < -0.4 is 5.73 Å². The zero-order valence-electron chi connectivity index (χ0n) is 7.98. The zero-order valence-corrected chi connectivity index (χ0v) is 7.98. The van der Waals surface area contributed by atoms with Gasteiger partial charge in [-0.1, -0.05) is 0 Å². The van der Waals surface area contributed by atoms with Crippen LogP contribution in [0.5, 0.6) is 0 Å². The van der Waals surface area contributed by atoms with Crippen LogP contribution in [0.1, 0.15) is 11.7 Å². The summed E-state index contributed by atoms with van der Waals surface area (Å²) in [5, 5.41) is 28.9. The summed E-state index contributed by atoms with van der Waals surface area (Å²) in [7, 11) is 0. The van der Waals surface area contributed by atoms with Crippen LogP contribution in [0.3, 0.4) is 0 Å². The maximum atomic E-state index is 10.6. The highest BCUT2D eigenvalue weighted by Gasteiger charge is 2.24. The summed E-state index contributed by atoms with van der Waals surface area (Å²) < 4.78 is 0. The molecule has 8 nitrogen and oxygen atoms in total. The summed E-state index contributed by atoms with van der Waals surface area (Å²) in [5.74, 6) is -1.49. The molecule has 1 amide bonds. The van der Waals surface area contributed by atoms with Crippen molar-refractivity contribution >= 4 is 11.7 Å². The average molecular weight is 227 g/mol. The van der Waals surface area contributed by atoms with E-state index < -0.39 is 28.9 Å². The van der Waals surface area contributed by atoms with Gasteiger partial charge in [-0.15, -0.1) is 0 Å². The van der Waals surface area contributed by atoms with Gasteiger partial charge in [-0.25, -0.2) is 0 Å². The Kier molecular flexibility index (Phi) is 3.48. The minimum absolute atomic E-state index is 0.0666. The Labute approximate surface area is 89.5 Å². The topological polar surface area (TPSA) is 140 Å². The minimum Gasteiger partial charge on any atom is -0.385 e. The lowest BCUT2D eigenvalue weighted by atomic mass is 10.1. The van der Waals surface area contributed by atoms with Crippen LogP contribution >= 0.6 is 0 Å². The number of nitrogens with zero attached hydrogens (tertiary/aromatic N) is 2. The summed E-state index contributed by atoms with van der Waals surface area (Å²) in [5.41, 5.74) is 4.84. The number of hydrogen-bond acceptors (Lipinski definition) is 6. The van der Waals surface area contributed by atoms with Crippen molar-refractivity contribution in [3.8, 4) is 0 Å². The third-order valence-corrected chi connectivity index (χ3v) is 1.89. The molecule has 4 N–H and O–H groups in total. The van der Waals surface area contributed by atoms with Crippen molar-refractivity contribution in [2.45, 2.75) is 12.2 Å². The molecule has 0 saturated heterocycles. The predicted octanol–water partition coefficient (Wildman–Crippen LogP) is -1.13. The highest BCUT2D eigenvalue weighted by Crippen LogP contribution is 2.17. The number of rotatable bonds is 4. The van der Waals surface area contributed by atoms with E-state index in [1.165, 1.54) is 6.07 Å². The average Bonchev–Trinajstić information content (AvgIpc) is 2.27. The molecular formula is C8H9N3O5. The highest BCUT2D eigenvalue weighted by atomic mass is 16.6. The van der Waals surface area contributed by atoms with Gasteiger partial charge in [0.15, 0.2) is 6.10 Å². The van der Waals surface area contributed by atoms with Crippen LogP contribution in [0.4, 0.5) is 5.82 Å². The molecule has 0 spiro atoms. The second kappa shape index (κ2) is 4.64. The molecule has 0 radical (unpaired) electrons. The Bertz CT molecular complexity index is 405. The molecule has 2 atom stereocenters. The van der Waals surface area contributed by atoms with E-state index in [1.807, 2.05) is 0 Å². The largest absolute Gasteiger partial charge is 0.385 e. The number of amides is 1. The third kappa shape index (κ3) is 2.49. The van der Waals surface area contributed by atoms with Gasteiger partial charge >= 0.3 is 5.82 Å². The second-order valence-electron chi connectivity index (χ2n) is 3.00. The molecular weight excluding hydrogens is 218 g/mol. The molecule has 0 aromatic carbocycles. The first-order chi connectivity index (χ1) is 7.43. The van der Waals surface area contributed by atoms with Crippen LogP contribution in [0.25, 0.3) is 0 Å². The number of carbonyl (C=O) groups is 1. The summed E-state index contributed by atoms with van der Waals surface area (Å²) in [6, 6.07) is 2.23. The van der Waals surface area contributed by atoms with Gasteiger partial charge in [0.1, 0.15) is 12.3 Å². The van der Waals surface area contributed by atoms with Crippen molar-refractivity contribution < 1.29 is 19.9 Å². The van der Waals surface area contributed by atoms with Crippen molar-refractivity contribution in [2.75, 3.05) is 0 Å².